The molecule has 1 aromatic carbocycles. The summed E-state index contributed by atoms with van der Waals surface area (Å²) < 4.78 is 29.7. The largest absolute Gasteiger partial charge is 0.390 e. The fourth-order valence-corrected chi connectivity index (χ4v) is 6.03. The Bertz CT molecular complexity index is 1130. The van der Waals surface area contributed by atoms with Crippen molar-refractivity contribution >= 4 is 23.3 Å². The number of aliphatic hydroxyl groups is 1. The van der Waals surface area contributed by atoms with Crippen molar-refractivity contribution in [1.29, 1.82) is 0 Å². The first-order valence-electron chi connectivity index (χ1n) is 13.1. The van der Waals surface area contributed by atoms with Gasteiger partial charge in [0.25, 0.3) is 11.8 Å². The number of aromatic nitrogens is 1. The number of carbonyl (C=O) groups excluding carboxylic acids is 1. The van der Waals surface area contributed by atoms with E-state index in [1.165, 1.54) is 12.3 Å². The normalized spacial score (nSPS) is 25.1. The topological polar surface area (TPSA) is 71.9 Å². The number of carbonyl (C=O) groups is 1. The first-order valence-corrected chi connectivity index (χ1v) is 13.4. The van der Waals surface area contributed by atoms with Crippen LogP contribution in [0.4, 0.5) is 14.6 Å². The van der Waals surface area contributed by atoms with Crippen LogP contribution in [-0.2, 0) is 12.5 Å². The number of β-amino-alcohol motifs (C(OH)–C–C–N with tert-alkyl or cyclic N) is 1. The summed E-state index contributed by atoms with van der Waals surface area (Å²) in [5.74, 6) is -2.67. The highest BCUT2D eigenvalue weighted by atomic mass is 35.5. The third-order valence-electron chi connectivity index (χ3n) is 7.96. The van der Waals surface area contributed by atoms with Crippen LogP contribution in [0.5, 0.6) is 0 Å². The second-order valence-electron chi connectivity index (χ2n) is 10.3. The van der Waals surface area contributed by atoms with Crippen molar-refractivity contribution in [1.82, 2.24) is 19.7 Å². The van der Waals surface area contributed by atoms with Gasteiger partial charge in [0, 0.05) is 56.6 Å². The minimum Gasteiger partial charge on any atom is -0.390 e. The van der Waals surface area contributed by atoms with E-state index in [4.69, 9.17) is 11.6 Å². The lowest BCUT2D eigenvalue weighted by atomic mass is 9.92. The zero-order valence-electron chi connectivity index (χ0n) is 21.0. The van der Waals surface area contributed by atoms with Gasteiger partial charge in [0.2, 0.25) is 0 Å². The van der Waals surface area contributed by atoms with Gasteiger partial charge in [-0.1, -0.05) is 42.8 Å². The second kappa shape index (κ2) is 10.8. The van der Waals surface area contributed by atoms with E-state index in [9.17, 15) is 18.7 Å². The van der Waals surface area contributed by atoms with Crippen molar-refractivity contribution < 1.29 is 18.7 Å². The molecule has 1 amide bonds. The van der Waals surface area contributed by atoms with Crippen molar-refractivity contribution in [2.24, 2.45) is 0 Å². The van der Waals surface area contributed by atoms with E-state index in [0.717, 1.165) is 32.5 Å². The van der Waals surface area contributed by atoms with E-state index < -0.39 is 24.6 Å². The van der Waals surface area contributed by atoms with Crippen molar-refractivity contribution in [3.8, 4) is 0 Å². The lowest BCUT2D eigenvalue weighted by Crippen LogP contribution is -2.57. The Morgan fingerprint density at radius 3 is 2.70 bits per heavy atom. The predicted octanol–water partition coefficient (Wildman–Crippen LogP) is 3.81. The Morgan fingerprint density at radius 2 is 1.97 bits per heavy atom. The molecule has 0 aliphatic carbocycles. The number of anilines is 1. The molecule has 0 bridgehead atoms. The average molecular weight is 534 g/mol. The molecule has 37 heavy (non-hydrogen) atoms. The number of alkyl halides is 2. The molecule has 10 heteroatoms. The Hall–Kier alpha value is -2.33. The quantitative estimate of drug-likeness (QED) is 0.609. The van der Waals surface area contributed by atoms with Gasteiger partial charge in [0.1, 0.15) is 5.82 Å². The number of aliphatic hydroxyl groups excluding tert-OH is 1. The van der Waals surface area contributed by atoms with Crippen LogP contribution in [0.2, 0.25) is 5.02 Å². The average Bonchev–Trinajstić information content (AvgIpc) is 2.89. The van der Waals surface area contributed by atoms with E-state index in [0.29, 0.717) is 36.5 Å². The third-order valence-corrected chi connectivity index (χ3v) is 8.26. The summed E-state index contributed by atoms with van der Waals surface area (Å²) >= 11 is 6.36. The predicted molar refractivity (Wildman–Crippen MR) is 139 cm³/mol. The van der Waals surface area contributed by atoms with Gasteiger partial charge in [0.15, 0.2) is 0 Å². The molecular formula is C27H34ClF2N5O2. The molecule has 2 saturated heterocycles. The smallest absolute Gasteiger partial charge is 0.285 e. The molecule has 0 radical (unpaired) electrons. The Kier molecular flexibility index (Phi) is 7.68. The lowest BCUT2D eigenvalue weighted by Gasteiger charge is -2.45. The second-order valence-corrected chi connectivity index (χ2v) is 10.8. The number of fused-ring (bicyclic) bond motifs is 1. The minimum atomic E-state index is -2.98. The maximum Gasteiger partial charge on any atom is 0.285 e. The number of amides is 1. The zero-order chi connectivity index (χ0) is 26.2. The van der Waals surface area contributed by atoms with Gasteiger partial charge in [-0.25, -0.2) is 4.98 Å². The molecular weight excluding hydrogens is 500 g/mol. The highest BCUT2D eigenvalue weighted by Crippen LogP contribution is 2.38. The Morgan fingerprint density at radius 1 is 1.22 bits per heavy atom. The fourth-order valence-electron chi connectivity index (χ4n) is 5.85. The van der Waals surface area contributed by atoms with Gasteiger partial charge in [0.05, 0.1) is 23.2 Å². The molecule has 2 atom stereocenters. The van der Waals surface area contributed by atoms with Gasteiger partial charge in [-0.05, 0) is 37.4 Å². The first-order chi connectivity index (χ1) is 17.7. The molecule has 1 aromatic heterocycles. The lowest BCUT2D eigenvalue weighted by molar-refractivity contribution is -0.0909. The summed E-state index contributed by atoms with van der Waals surface area (Å²) in [4.78, 5) is 23.4. The SMILES string of the molecule is CCN1CCC(Nc2cc(C(=O)N3CCC(N4Cc5ccccc5C(F)(F)C4)C(O)C3)c(Cl)cn2)CC1. The zero-order valence-corrected chi connectivity index (χ0v) is 21.8. The van der Waals surface area contributed by atoms with E-state index in [1.807, 2.05) is 0 Å². The number of hydrogen-bond acceptors (Lipinski definition) is 6. The first kappa shape index (κ1) is 26.3. The molecule has 7 nitrogen and oxygen atoms in total. The molecule has 3 aliphatic rings. The number of rotatable bonds is 5. The van der Waals surface area contributed by atoms with E-state index >= 15 is 0 Å². The molecule has 2 N–H and O–H groups in total. The van der Waals surface area contributed by atoms with E-state index in [2.05, 4.69) is 22.1 Å². The molecule has 2 aromatic rings. The van der Waals surface area contributed by atoms with Gasteiger partial charge in [-0.3, -0.25) is 9.69 Å². The molecule has 2 fully saturated rings. The van der Waals surface area contributed by atoms with Gasteiger partial charge < -0.3 is 20.2 Å². The fraction of sp³-hybridized carbons (Fsp3) is 0.556. The van der Waals surface area contributed by atoms with Crippen molar-refractivity contribution in [2.45, 2.75) is 56.8 Å². The minimum absolute atomic E-state index is 0.0565. The molecule has 0 spiro atoms. The molecule has 4 heterocycles. The Balaban J connectivity index is 1.23. The summed E-state index contributed by atoms with van der Waals surface area (Å²) in [7, 11) is 0. The maximum absolute atomic E-state index is 14.8. The highest BCUT2D eigenvalue weighted by molar-refractivity contribution is 6.33. The standard InChI is InChI=1S/C27H34ClF2N5O2/c1-2-33-10-7-19(8-11-33)32-25-13-20(22(28)14-31-25)26(37)34-12-9-23(24(36)16-34)35-15-18-5-3-4-6-21(18)27(29,30)17-35/h3-6,13-14,19,23-24,36H,2,7-12,15-17H2,1H3,(H,31,32). The van der Waals surface area contributed by atoms with E-state index in [-0.39, 0.29) is 29.1 Å². The molecule has 200 valence electrons. The van der Waals surface area contributed by atoms with Crippen molar-refractivity contribution in [3.05, 3.63) is 58.2 Å². The number of benzene rings is 1. The van der Waals surface area contributed by atoms with Gasteiger partial charge in [-0.2, -0.15) is 8.78 Å². The summed E-state index contributed by atoms with van der Waals surface area (Å²) in [5.41, 5.74) is 0.962. The van der Waals surface area contributed by atoms with Crippen LogP contribution < -0.4 is 5.32 Å². The number of piperidine rings is 2. The number of nitrogens with zero attached hydrogens (tertiary/aromatic N) is 4. The number of hydrogen-bond donors (Lipinski definition) is 2. The van der Waals surface area contributed by atoms with Crippen LogP contribution in [0.3, 0.4) is 0 Å². The summed E-state index contributed by atoms with van der Waals surface area (Å²) in [5, 5.41) is 14.6. The monoisotopic (exact) mass is 533 g/mol. The van der Waals surface area contributed by atoms with Crippen LogP contribution in [0.1, 0.15) is 47.7 Å². The van der Waals surface area contributed by atoms with E-state index in [1.54, 1.807) is 34.1 Å². The van der Waals surface area contributed by atoms with Gasteiger partial charge >= 0.3 is 0 Å². The number of halogens is 3. The Labute approximate surface area is 221 Å². The van der Waals surface area contributed by atoms with Crippen LogP contribution in [0.15, 0.2) is 36.5 Å². The number of likely N-dealkylation sites (tertiary alicyclic amines) is 2. The van der Waals surface area contributed by atoms with Crippen molar-refractivity contribution in [3.63, 3.8) is 0 Å². The number of nitrogens with one attached hydrogen (secondary N) is 1. The highest BCUT2D eigenvalue weighted by Gasteiger charge is 2.44. The van der Waals surface area contributed by atoms with Crippen LogP contribution in [0, 0.1) is 0 Å². The van der Waals surface area contributed by atoms with Crippen molar-refractivity contribution in [2.75, 3.05) is 44.6 Å². The van der Waals surface area contributed by atoms with Gasteiger partial charge in [-0.15, -0.1) is 0 Å². The number of pyridine rings is 1. The third kappa shape index (κ3) is 5.60. The van der Waals surface area contributed by atoms with Crippen LogP contribution in [-0.4, -0.2) is 88.2 Å². The summed E-state index contributed by atoms with van der Waals surface area (Å²) in [6.45, 7) is 5.56. The molecule has 2 unspecified atom stereocenters. The summed E-state index contributed by atoms with van der Waals surface area (Å²) in [6, 6.07) is 8.07. The molecule has 5 rings (SSSR count). The molecule has 0 saturated carbocycles. The van der Waals surface area contributed by atoms with Crippen LogP contribution in [0.25, 0.3) is 0 Å². The maximum atomic E-state index is 14.8. The summed E-state index contributed by atoms with van der Waals surface area (Å²) in [6.07, 6.45) is 2.94. The molecule has 3 aliphatic heterocycles. The van der Waals surface area contributed by atoms with Crippen LogP contribution >= 0.6 is 11.6 Å².